The molecule has 0 atom stereocenters. The molecule has 37 heavy (non-hydrogen) atoms. The zero-order valence-electron chi connectivity index (χ0n) is 19.4. The van der Waals surface area contributed by atoms with Gasteiger partial charge < -0.3 is 9.73 Å². The van der Waals surface area contributed by atoms with Crippen LogP contribution in [0.2, 0.25) is 10.0 Å². The summed E-state index contributed by atoms with van der Waals surface area (Å²) in [5, 5.41) is 16.2. The van der Waals surface area contributed by atoms with Crippen molar-refractivity contribution in [1.29, 1.82) is 0 Å². The van der Waals surface area contributed by atoms with E-state index >= 15 is 0 Å². The van der Waals surface area contributed by atoms with E-state index in [9.17, 15) is 14.4 Å². The first-order valence-corrected chi connectivity index (χ1v) is 11.7. The summed E-state index contributed by atoms with van der Waals surface area (Å²) >= 11 is 12.1. The van der Waals surface area contributed by atoms with Crippen molar-refractivity contribution in [3.8, 4) is 0 Å². The van der Waals surface area contributed by atoms with Crippen LogP contribution in [-0.2, 0) is 9.59 Å². The standard InChI is InChI=1S/C26H19Cl2N5O4/c1-15(30-33-25(35)14-24(34)29-21-8-4-2-6-19(21)27)18-13-16-12-17(10-11-23(16)37-26(18)36)31-32-22-9-5-3-7-20(22)28/h2-13H,14H2,1H3,(H,29,34)(H,33,35)/b30-15+,32-31?. The van der Waals surface area contributed by atoms with Crippen molar-refractivity contribution in [2.24, 2.45) is 15.3 Å². The Hall–Kier alpha value is -4.34. The summed E-state index contributed by atoms with van der Waals surface area (Å²) in [6.07, 6.45) is -0.492. The fourth-order valence-electron chi connectivity index (χ4n) is 3.22. The van der Waals surface area contributed by atoms with Crippen molar-refractivity contribution in [3.63, 3.8) is 0 Å². The molecule has 3 aromatic carbocycles. The van der Waals surface area contributed by atoms with Crippen molar-refractivity contribution in [1.82, 2.24) is 5.43 Å². The zero-order chi connectivity index (χ0) is 26.4. The van der Waals surface area contributed by atoms with Crippen LogP contribution in [0.25, 0.3) is 11.0 Å². The maximum atomic E-state index is 12.5. The van der Waals surface area contributed by atoms with Gasteiger partial charge >= 0.3 is 5.63 Å². The summed E-state index contributed by atoms with van der Waals surface area (Å²) < 4.78 is 5.38. The summed E-state index contributed by atoms with van der Waals surface area (Å²) in [5.74, 6) is -1.24. The lowest BCUT2D eigenvalue weighted by Crippen LogP contribution is -2.26. The van der Waals surface area contributed by atoms with E-state index in [1.165, 1.54) is 6.92 Å². The number of azo groups is 1. The molecule has 2 amide bonds. The highest BCUT2D eigenvalue weighted by Crippen LogP contribution is 2.27. The van der Waals surface area contributed by atoms with Gasteiger partial charge in [-0.1, -0.05) is 47.5 Å². The number of carbonyl (C=O) groups is 2. The van der Waals surface area contributed by atoms with E-state index in [0.717, 1.165) is 0 Å². The Morgan fingerprint density at radius 1 is 0.892 bits per heavy atom. The third-order valence-electron chi connectivity index (χ3n) is 5.05. The second-order valence-electron chi connectivity index (χ2n) is 7.76. The van der Waals surface area contributed by atoms with Gasteiger partial charge in [0, 0.05) is 5.39 Å². The number of para-hydroxylation sites is 1. The molecule has 1 aromatic heterocycles. The molecule has 4 rings (SSSR count). The van der Waals surface area contributed by atoms with Gasteiger partial charge in [0.05, 0.1) is 32.7 Å². The molecular formula is C26H19Cl2N5O4. The van der Waals surface area contributed by atoms with Crippen LogP contribution in [0.5, 0.6) is 0 Å². The number of amides is 2. The van der Waals surface area contributed by atoms with E-state index in [0.29, 0.717) is 38.1 Å². The lowest BCUT2D eigenvalue weighted by atomic mass is 10.1. The van der Waals surface area contributed by atoms with Gasteiger partial charge in [0.2, 0.25) is 11.8 Å². The highest BCUT2D eigenvalue weighted by atomic mass is 35.5. The molecule has 9 nitrogen and oxygen atoms in total. The van der Waals surface area contributed by atoms with E-state index in [4.69, 9.17) is 27.6 Å². The van der Waals surface area contributed by atoms with E-state index in [2.05, 4.69) is 26.1 Å². The van der Waals surface area contributed by atoms with E-state index < -0.39 is 23.9 Å². The minimum absolute atomic E-state index is 0.133. The molecule has 0 saturated heterocycles. The lowest BCUT2D eigenvalue weighted by Gasteiger charge is -2.07. The van der Waals surface area contributed by atoms with Crippen LogP contribution >= 0.6 is 23.2 Å². The topological polar surface area (TPSA) is 125 Å². The minimum Gasteiger partial charge on any atom is -0.422 e. The number of nitrogens with one attached hydrogen (secondary N) is 2. The third-order valence-corrected chi connectivity index (χ3v) is 5.70. The van der Waals surface area contributed by atoms with Crippen LogP contribution in [-0.4, -0.2) is 17.5 Å². The maximum absolute atomic E-state index is 12.5. The average Bonchev–Trinajstić information content (AvgIpc) is 2.87. The Kier molecular flexibility index (Phi) is 8.07. The number of fused-ring (bicyclic) bond motifs is 1. The van der Waals surface area contributed by atoms with E-state index in [1.807, 2.05) is 0 Å². The van der Waals surface area contributed by atoms with Crippen LogP contribution < -0.4 is 16.4 Å². The summed E-state index contributed by atoms with van der Waals surface area (Å²) in [4.78, 5) is 36.8. The summed E-state index contributed by atoms with van der Waals surface area (Å²) in [7, 11) is 0. The largest absolute Gasteiger partial charge is 0.422 e. The molecule has 0 spiro atoms. The Labute approximate surface area is 220 Å². The second kappa shape index (κ2) is 11.6. The number of hydrazone groups is 1. The van der Waals surface area contributed by atoms with Gasteiger partial charge in [0.25, 0.3) is 0 Å². The van der Waals surface area contributed by atoms with Crippen molar-refractivity contribution in [3.05, 3.63) is 98.8 Å². The molecule has 0 aliphatic rings. The van der Waals surface area contributed by atoms with Crippen molar-refractivity contribution in [2.75, 3.05) is 5.32 Å². The van der Waals surface area contributed by atoms with Crippen molar-refractivity contribution in [2.45, 2.75) is 13.3 Å². The molecule has 0 radical (unpaired) electrons. The quantitative estimate of drug-likeness (QED) is 0.0934. The molecular weight excluding hydrogens is 517 g/mol. The average molecular weight is 536 g/mol. The smallest absolute Gasteiger partial charge is 0.345 e. The van der Waals surface area contributed by atoms with Gasteiger partial charge in [0.1, 0.15) is 17.7 Å². The van der Waals surface area contributed by atoms with Crippen molar-refractivity contribution >= 4 is 68.8 Å². The number of rotatable bonds is 7. The molecule has 1 heterocycles. The Balaban J connectivity index is 1.46. The Bertz CT molecular complexity index is 1610. The normalized spacial score (nSPS) is 11.6. The number of hydrogen-bond acceptors (Lipinski definition) is 7. The zero-order valence-corrected chi connectivity index (χ0v) is 20.9. The van der Waals surface area contributed by atoms with Crippen LogP contribution in [0.3, 0.4) is 0 Å². The molecule has 0 aliphatic carbocycles. The van der Waals surface area contributed by atoms with Crippen LogP contribution in [0, 0.1) is 0 Å². The molecule has 186 valence electrons. The number of hydrogen-bond donors (Lipinski definition) is 2. The SMILES string of the molecule is C/C(=N\NC(=O)CC(=O)Nc1ccccc1Cl)c1cc2cc(N=Nc3ccccc3Cl)ccc2oc1=O. The van der Waals surface area contributed by atoms with E-state index in [1.54, 1.807) is 72.8 Å². The highest BCUT2D eigenvalue weighted by Gasteiger charge is 2.13. The van der Waals surface area contributed by atoms with Crippen molar-refractivity contribution < 1.29 is 14.0 Å². The number of anilines is 1. The first-order chi connectivity index (χ1) is 17.8. The summed E-state index contributed by atoms with van der Waals surface area (Å²) in [5.41, 5.74) is 3.73. The summed E-state index contributed by atoms with van der Waals surface area (Å²) in [6.45, 7) is 1.53. The maximum Gasteiger partial charge on any atom is 0.345 e. The molecule has 0 aliphatic heterocycles. The molecule has 0 unspecified atom stereocenters. The lowest BCUT2D eigenvalue weighted by molar-refractivity contribution is -0.126. The molecule has 0 saturated carbocycles. The third kappa shape index (κ3) is 6.66. The van der Waals surface area contributed by atoms with Gasteiger partial charge in [-0.15, -0.1) is 5.11 Å². The van der Waals surface area contributed by atoms with E-state index in [-0.39, 0.29) is 11.3 Å². The van der Waals surface area contributed by atoms with Gasteiger partial charge in [-0.3, -0.25) is 9.59 Å². The molecule has 11 heteroatoms. The van der Waals surface area contributed by atoms with Crippen LogP contribution in [0.4, 0.5) is 17.1 Å². The fourth-order valence-corrected chi connectivity index (χ4v) is 3.57. The number of halogens is 2. The first-order valence-electron chi connectivity index (χ1n) is 10.9. The van der Waals surface area contributed by atoms with Gasteiger partial charge in [-0.25, -0.2) is 10.2 Å². The number of carbonyl (C=O) groups excluding carboxylic acids is 2. The minimum atomic E-state index is -0.670. The second-order valence-corrected chi connectivity index (χ2v) is 8.57. The number of benzene rings is 3. The predicted octanol–water partition coefficient (Wildman–Crippen LogP) is 6.38. The van der Waals surface area contributed by atoms with Gasteiger partial charge in [-0.05, 0) is 55.5 Å². The predicted molar refractivity (Wildman–Crippen MR) is 143 cm³/mol. The highest BCUT2D eigenvalue weighted by molar-refractivity contribution is 6.33. The summed E-state index contributed by atoms with van der Waals surface area (Å²) in [6, 6.07) is 20.2. The molecule has 2 N–H and O–H groups in total. The first kappa shape index (κ1) is 25.7. The Morgan fingerprint density at radius 2 is 1.62 bits per heavy atom. The van der Waals surface area contributed by atoms with Crippen LogP contribution in [0.15, 0.2) is 97.3 Å². The molecule has 0 fully saturated rings. The number of nitrogens with zero attached hydrogens (tertiary/aromatic N) is 3. The Morgan fingerprint density at radius 3 is 2.38 bits per heavy atom. The molecule has 0 bridgehead atoms. The fraction of sp³-hybridized carbons (Fsp3) is 0.0769. The van der Waals surface area contributed by atoms with Crippen LogP contribution in [0.1, 0.15) is 18.9 Å². The van der Waals surface area contributed by atoms with Gasteiger partial charge in [0.15, 0.2) is 0 Å². The van der Waals surface area contributed by atoms with Gasteiger partial charge in [-0.2, -0.15) is 10.2 Å². The molecule has 4 aromatic rings. The monoisotopic (exact) mass is 535 g/mol.